The number of rotatable bonds is 8. The summed E-state index contributed by atoms with van der Waals surface area (Å²) in [5, 5.41) is 18.3. The van der Waals surface area contributed by atoms with Gasteiger partial charge in [-0.3, -0.25) is 4.99 Å². The normalized spacial score (nSPS) is 10.8. The molecule has 0 fully saturated rings. The molecule has 0 radical (unpaired) electrons. The van der Waals surface area contributed by atoms with Gasteiger partial charge < -0.3 is 19.7 Å². The average Bonchev–Trinajstić information content (AvgIpc) is 2.77. The van der Waals surface area contributed by atoms with Crippen molar-refractivity contribution in [3.8, 4) is 11.5 Å². The van der Waals surface area contributed by atoms with E-state index in [1.807, 2.05) is 6.07 Å². The molecule has 0 aromatic heterocycles. The lowest BCUT2D eigenvalue weighted by Crippen LogP contribution is -2.02. The minimum absolute atomic E-state index is 0.196. The molecular formula is C24H21NO6. The summed E-state index contributed by atoms with van der Waals surface area (Å²) in [4.78, 5) is 26.8. The van der Waals surface area contributed by atoms with Crippen molar-refractivity contribution in [1.29, 1.82) is 0 Å². The van der Waals surface area contributed by atoms with Gasteiger partial charge in [0, 0.05) is 11.8 Å². The van der Waals surface area contributed by atoms with Gasteiger partial charge in [-0.25, -0.2) is 9.59 Å². The molecule has 3 aromatic carbocycles. The van der Waals surface area contributed by atoms with E-state index in [1.54, 1.807) is 49.5 Å². The Morgan fingerprint density at radius 3 is 2.32 bits per heavy atom. The van der Waals surface area contributed by atoms with E-state index in [0.29, 0.717) is 28.3 Å². The van der Waals surface area contributed by atoms with Crippen molar-refractivity contribution in [2.45, 2.75) is 13.5 Å². The van der Waals surface area contributed by atoms with Crippen molar-refractivity contribution in [2.24, 2.45) is 4.99 Å². The monoisotopic (exact) mass is 419 g/mol. The van der Waals surface area contributed by atoms with Gasteiger partial charge in [0.05, 0.1) is 23.9 Å². The summed E-state index contributed by atoms with van der Waals surface area (Å²) in [6, 6.07) is 16.7. The second-order valence-electron chi connectivity index (χ2n) is 6.68. The highest BCUT2D eigenvalue weighted by Crippen LogP contribution is 2.32. The Balaban J connectivity index is 1.87. The van der Waals surface area contributed by atoms with Crippen LogP contribution in [-0.4, -0.2) is 35.5 Å². The molecule has 31 heavy (non-hydrogen) atoms. The molecule has 0 atom stereocenters. The highest BCUT2D eigenvalue weighted by molar-refractivity contribution is 5.92. The number of benzene rings is 3. The molecule has 0 aliphatic heterocycles. The summed E-state index contributed by atoms with van der Waals surface area (Å²) in [6.07, 6.45) is 1.60. The van der Waals surface area contributed by atoms with Gasteiger partial charge in [-0.05, 0) is 54.4 Å². The molecule has 0 amide bonds. The summed E-state index contributed by atoms with van der Waals surface area (Å²) in [7, 11) is 1.53. The van der Waals surface area contributed by atoms with E-state index in [2.05, 4.69) is 4.99 Å². The number of carboxylic acids is 2. The number of hydrogen-bond donors (Lipinski definition) is 2. The number of methoxy groups -OCH3 is 1. The maximum Gasteiger partial charge on any atom is 0.336 e. The third-order valence-electron chi connectivity index (χ3n) is 4.69. The van der Waals surface area contributed by atoms with Gasteiger partial charge in [0.2, 0.25) is 0 Å². The first kappa shape index (κ1) is 21.6. The predicted molar refractivity (Wildman–Crippen MR) is 116 cm³/mol. The lowest BCUT2D eigenvalue weighted by Gasteiger charge is -2.13. The van der Waals surface area contributed by atoms with Gasteiger partial charge in [0.25, 0.3) is 0 Å². The first-order valence-corrected chi connectivity index (χ1v) is 9.39. The van der Waals surface area contributed by atoms with Gasteiger partial charge in [0.15, 0.2) is 11.5 Å². The molecule has 0 heterocycles. The van der Waals surface area contributed by atoms with Crippen LogP contribution in [0.1, 0.15) is 37.4 Å². The molecule has 0 unspecified atom stereocenters. The quantitative estimate of drug-likeness (QED) is 0.512. The molecular weight excluding hydrogens is 398 g/mol. The Kier molecular flexibility index (Phi) is 6.67. The largest absolute Gasteiger partial charge is 0.493 e. The average molecular weight is 419 g/mol. The van der Waals surface area contributed by atoms with Crippen LogP contribution in [0.2, 0.25) is 0 Å². The molecule has 0 saturated carbocycles. The molecule has 158 valence electrons. The highest BCUT2D eigenvalue weighted by Gasteiger charge is 2.12. The van der Waals surface area contributed by atoms with Crippen LogP contribution in [0.25, 0.3) is 0 Å². The smallest absolute Gasteiger partial charge is 0.336 e. The summed E-state index contributed by atoms with van der Waals surface area (Å²) < 4.78 is 11.4. The Bertz CT molecular complexity index is 1140. The molecule has 3 aromatic rings. The zero-order valence-corrected chi connectivity index (χ0v) is 17.0. The Morgan fingerprint density at radius 2 is 1.68 bits per heavy atom. The fourth-order valence-electron chi connectivity index (χ4n) is 2.98. The predicted octanol–water partition coefficient (Wildman–Crippen LogP) is 4.73. The molecule has 0 bridgehead atoms. The van der Waals surface area contributed by atoms with Crippen molar-refractivity contribution in [2.75, 3.05) is 7.11 Å². The summed E-state index contributed by atoms with van der Waals surface area (Å²) in [5.74, 6) is -1.00. The Hall–Kier alpha value is -4.13. The van der Waals surface area contributed by atoms with E-state index < -0.39 is 11.9 Å². The molecule has 3 rings (SSSR count). The minimum Gasteiger partial charge on any atom is -0.493 e. The number of ether oxygens (including phenoxy) is 2. The maximum absolute atomic E-state index is 11.3. The standard InChI is InChI=1S/C24H21NO6/c1-15-19(24(28)29)6-4-7-20(15)25-13-18-5-3-8-21(30-2)22(18)31-14-16-9-11-17(12-10-16)23(26)27/h3-13H,14H2,1-2H3,(H,26,27)(H,28,29). The minimum atomic E-state index is -1.01. The highest BCUT2D eigenvalue weighted by atomic mass is 16.5. The SMILES string of the molecule is COc1cccc(C=Nc2cccc(C(=O)O)c2C)c1OCc1ccc(C(=O)O)cc1. The van der Waals surface area contributed by atoms with Crippen LogP contribution in [0.3, 0.4) is 0 Å². The van der Waals surface area contributed by atoms with Crippen molar-refractivity contribution in [1.82, 2.24) is 0 Å². The number of aromatic carboxylic acids is 2. The van der Waals surface area contributed by atoms with Crippen molar-refractivity contribution in [3.05, 3.63) is 88.5 Å². The van der Waals surface area contributed by atoms with Gasteiger partial charge >= 0.3 is 11.9 Å². The van der Waals surface area contributed by atoms with E-state index in [-0.39, 0.29) is 17.7 Å². The summed E-state index contributed by atoms with van der Waals surface area (Å²) >= 11 is 0. The fourth-order valence-corrected chi connectivity index (χ4v) is 2.98. The van der Waals surface area contributed by atoms with Crippen molar-refractivity contribution >= 4 is 23.8 Å². The summed E-state index contributed by atoms with van der Waals surface area (Å²) in [5.41, 5.74) is 2.95. The van der Waals surface area contributed by atoms with E-state index in [9.17, 15) is 14.7 Å². The number of carbonyl (C=O) groups is 2. The van der Waals surface area contributed by atoms with E-state index in [0.717, 1.165) is 5.56 Å². The van der Waals surface area contributed by atoms with E-state index >= 15 is 0 Å². The third kappa shape index (κ3) is 5.08. The van der Waals surface area contributed by atoms with Gasteiger partial charge in [-0.2, -0.15) is 0 Å². The van der Waals surface area contributed by atoms with Crippen LogP contribution < -0.4 is 9.47 Å². The molecule has 0 saturated heterocycles. The molecule has 0 spiro atoms. The molecule has 7 heteroatoms. The van der Waals surface area contributed by atoms with Crippen LogP contribution in [-0.2, 0) is 6.61 Å². The second-order valence-corrected chi connectivity index (χ2v) is 6.68. The van der Waals surface area contributed by atoms with Gasteiger partial charge in [-0.15, -0.1) is 0 Å². The zero-order chi connectivity index (χ0) is 22.4. The van der Waals surface area contributed by atoms with Crippen molar-refractivity contribution < 1.29 is 29.3 Å². The van der Waals surface area contributed by atoms with Crippen LogP contribution in [0, 0.1) is 6.92 Å². The van der Waals surface area contributed by atoms with E-state index in [4.69, 9.17) is 14.6 Å². The molecule has 0 aliphatic rings. The molecule has 2 N–H and O–H groups in total. The second kappa shape index (κ2) is 9.58. The van der Waals surface area contributed by atoms with Crippen molar-refractivity contribution in [3.63, 3.8) is 0 Å². The zero-order valence-electron chi connectivity index (χ0n) is 17.0. The van der Waals surface area contributed by atoms with Gasteiger partial charge in [0.1, 0.15) is 6.61 Å². The maximum atomic E-state index is 11.3. The van der Waals surface area contributed by atoms with Crippen LogP contribution >= 0.6 is 0 Å². The number of para-hydroxylation sites is 1. The lowest BCUT2D eigenvalue weighted by molar-refractivity contribution is 0.0685. The number of nitrogens with zero attached hydrogens (tertiary/aromatic N) is 1. The van der Waals surface area contributed by atoms with E-state index in [1.165, 1.54) is 25.3 Å². The topological polar surface area (TPSA) is 105 Å². The summed E-state index contributed by atoms with van der Waals surface area (Å²) in [6.45, 7) is 1.91. The Labute approximate surface area is 179 Å². The van der Waals surface area contributed by atoms with Gasteiger partial charge in [-0.1, -0.05) is 24.3 Å². The van der Waals surface area contributed by atoms with Crippen LogP contribution in [0.4, 0.5) is 5.69 Å². The first-order chi connectivity index (χ1) is 14.9. The number of aliphatic imine (C=N–C) groups is 1. The number of carboxylic acid groups (broad SMARTS) is 2. The Morgan fingerprint density at radius 1 is 0.968 bits per heavy atom. The van der Waals surface area contributed by atoms with Crippen LogP contribution in [0.5, 0.6) is 11.5 Å². The first-order valence-electron chi connectivity index (χ1n) is 9.39. The third-order valence-corrected chi connectivity index (χ3v) is 4.69. The lowest BCUT2D eigenvalue weighted by atomic mass is 10.1. The fraction of sp³-hybridized carbons (Fsp3) is 0.125. The number of hydrogen-bond acceptors (Lipinski definition) is 5. The molecule has 7 nitrogen and oxygen atoms in total. The molecule has 0 aliphatic carbocycles. The van der Waals surface area contributed by atoms with Crippen LogP contribution in [0.15, 0.2) is 65.7 Å².